The summed E-state index contributed by atoms with van der Waals surface area (Å²) in [5.41, 5.74) is 0.489. The molecule has 1 aromatic heterocycles. The molecule has 0 saturated heterocycles. The van der Waals surface area contributed by atoms with E-state index in [2.05, 4.69) is 4.98 Å². The van der Waals surface area contributed by atoms with Crippen LogP contribution >= 0.6 is 11.6 Å². The second kappa shape index (κ2) is 4.70. The molecule has 0 radical (unpaired) electrons. The van der Waals surface area contributed by atoms with Crippen molar-refractivity contribution in [2.24, 2.45) is 0 Å². The minimum atomic E-state index is -4.39. The molecule has 0 aliphatic carbocycles. The molecular formula is C9H9ClF3NO. The first-order valence-electron chi connectivity index (χ1n) is 4.17. The van der Waals surface area contributed by atoms with Crippen molar-refractivity contribution in [1.82, 2.24) is 4.98 Å². The molecule has 0 aliphatic heterocycles. The average Bonchev–Trinajstić information content (AvgIpc) is 2.17. The normalized spacial score (nSPS) is 13.7. The van der Waals surface area contributed by atoms with E-state index in [-0.39, 0.29) is 11.6 Å². The molecule has 84 valence electrons. The highest BCUT2D eigenvalue weighted by atomic mass is 35.5. The minimum Gasteiger partial charge on any atom is -0.479 e. The van der Waals surface area contributed by atoms with E-state index < -0.39 is 12.3 Å². The molecule has 0 bridgehead atoms. The molecule has 1 heterocycles. The van der Waals surface area contributed by atoms with Crippen molar-refractivity contribution in [3.63, 3.8) is 0 Å². The van der Waals surface area contributed by atoms with Gasteiger partial charge < -0.3 is 4.74 Å². The quantitative estimate of drug-likeness (QED) is 0.756. The van der Waals surface area contributed by atoms with E-state index in [4.69, 9.17) is 16.3 Å². The molecule has 15 heavy (non-hydrogen) atoms. The highest BCUT2D eigenvalue weighted by Crippen LogP contribution is 2.27. The van der Waals surface area contributed by atoms with Crippen LogP contribution in [0.5, 0.6) is 5.75 Å². The second-order valence-electron chi connectivity index (χ2n) is 2.92. The zero-order valence-electron chi connectivity index (χ0n) is 7.88. The van der Waals surface area contributed by atoms with E-state index in [1.807, 2.05) is 0 Å². The van der Waals surface area contributed by atoms with Crippen LogP contribution in [0.1, 0.15) is 12.5 Å². The zero-order chi connectivity index (χ0) is 11.5. The summed E-state index contributed by atoms with van der Waals surface area (Å²) in [6.45, 7) is 0.936. The number of ether oxygens (including phenoxy) is 1. The molecule has 1 atom stereocenters. The lowest BCUT2D eigenvalue weighted by Gasteiger charge is -2.18. The maximum Gasteiger partial charge on any atom is 0.425 e. The van der Waals surface area contributed by atoms with Crippen LogP contribution in [0.15, 0.2) is 18.5 Å². The van der Waals surface area contributed by atoms with E-state index in [0.717, 1.165) is 6.92 Å². The average molecular weight is 240 g/mol. The Morgan fingerprint density at radius 1 is 1.53 bits per heavy atom. The van der Waals surface area contributed by atoms with Crippen LogP contribution in [-0.4, -0.2) is 17.3 Å². The van der Waals surface area contributed by atoms with Crippen molar-refractivity contribution in [3.05, 3.63) is 24.0 Å². The lowest BCUT2D eigenvalue weighted by Crippen LogP contribution is -2.31. The predicted octanol–water partition coefficient (Wildman–Crippen LogP) is 3.15. The number of hydrogen-bond donors (Lipinski definition) is 0. The Balaban J connectivity index is 2.80. The van der Waals surface area contributed by atoms with E-state index in [1.165, 1.54) is 18.5 Å². The zero-order valence-corrected chi connectivity index (χ0v) is 8.64. The van der Waals surface area contributed by atoms with Crippen LogP contribution < -0.4 is 4.74 Å². The van der Waals surface area contributed by atoms with Gasteiger partial charge in [0.05, 0.1) is 12.1 Å². The predicted molar refractivity (Wildman–Crippen MR) is 49.9 cm³/mol. The summed E-state index contributed by atoms with van der Waals surface area (Å²) in [5.74, 6) is 0.153. The number of pyridine rings is 1. The van der Waals surface area contributed by atoms with Crippen LogP contribution in [0.2, 0.25) is 0 Å². The van der Waals surface area contributed by atoms with Gasteiger partial charge in [0.2, 0.25) is 0 Å². The lowest BCUT2D eigenvalue weighted by molar-refractivity contribution is -0.189. The summed E-state index contributed by atoms with van der Waals surface area (Å²) in [6.07, 6.45) is -3.59. The van der Waals surface area contributed by atoms with Gasteiger partial charge in [0.15, 0.2) is 6.10 Å². The molecule has 1 aromatic rings. The van der Waals surface area contributed by atoms with Crippen LogP contribution in [-0.2, 0) is 5.88 Å². The third-order valence-electron chi connectivity index (χ3n) is 1.78. The SMILES string of the molecule is CC(Oc1cnccc1CCl)C(F)(F)F. The molecule has 0 fully saturated rings. The third-order valence-corrected chi connectivity index (χ3v) is 2.07. The van der Waals surface area contributed by atoms with Crippen LogP contribution in [0.4, 0.5) is 13.2 Å². The van der Waals surface area contributed by atoms with Gasteiger partial charge in [-0.3, -0.25) is 4.98 Å². The summed E-state index contributed by atoms with van der Waals surface area (Å²) in [6, 6.07) is 1.52. The van der Waals surface area contributed by atoms with E-state index in [1.54, 1.807) is 0 Å². The molecule has 0 N–H and O–H groups in total. The Hall–Kier alpha value is -0.970. The standard InChI is InChI=1S/C9H9ClF3NO/c1-6(9(11,12)13)15-8-5-14-3-2-7(8)4-10/h2-3,5-6H,4H2,1H3. The lowest BCUT2D eigenvalue weighted by atomic mass is 10.3. The first kappa shape index (κ1) is 12.1. The van der Waals surface area contributed by atoms with Gasteiger partial charge in [-0.15, -0.1) is 11.6 Å². The largest absolute Gasteiger partial charge is 0.479 e. The number of halogens is 4. The Morgan fingerprint density at radius 3 is 2.73 bits per heavy atom. The molecule has 0 amide bonds. The molecule has 0 aliphatic rings. The maximum absolute atomic E-state index is 12.2. The van der Waals surface area contributed by atoms with Crippen LogP contribution in [0, 0.1) is 0 Å². The topological polar surface area (TPSA) is 22.1 Å². The maximum atomic E-state index is 12.2. The van der Waals surface area contributed by atoms with Crippen molar-refractivity contribution in [2.45, 2.75) is 25.1 Å². The Labute approximate surface area is 90.0 Å². The first-order chi connectivity index (χ1) is 6.95. The van der Waals surface area contributed by atoms with Crippen molar-refractivity contribution >= 4 is 11.6 Å². The second-order valence-corrected chi connectivity index (χ2v) is 3.19. The van der Waals surface area contributed by atoms with Crippen molar-refractivity contribution < 1.29 is 17.9 Å². The molecule has 0 saturated carbocycles. The number of aromatic nitrogens is 1. The van der Waals surface area contributed by atoms with Gasteiger partial charge in [0.25, 0.3) is 0 Å². The molecule has 2 nitrogen and oxygen atoms in total. The van der Waals surface area contributed by atoms with Gasteiger partial charge >= 0.3 is 6.18 Å². The first-order valence-corrected chi connectivity index (χ1v) is 4.71. The molecule has 6 heteroatoms. The summed E-state index contributed by atoms with van der Waals surface area (Å²) in [5, 5.41) is 0. The van der Waals surface area contributed by atoms with Crippen molar-refractivity contribution in [2.75, 3.05) is 0 Å². The van der Waals surface area contributed by atoms with Crippen molar-refractivity contribution in [3.8, 4) is 5.75 Å². The van der Waals surface area contributed by atoms with E-state index >= 15 is 0 Å². The fourth-order valence-electron chi connectivity index (χ4n) is 0.883. The van der Waals surface area contributed by atoms with Gasteiger partial charge in [-0.1, -0.05) is 0 Å². The van der Waals surface area contributed by atoms with Crippen LogP contribution in [0.3, 0.4) is 0 Å². The van der Waals surface area contributed by atoms with E-state index in [0.29, 0.717) is 5.56 Å². The van der Waals surface area contributed by atoms with Gasteiger partial charge in [0, 0.05) is 11.8 Å². The smallest absolute Gasteiger partial charge is 0.425 e. The van der Waals surface area contributed by atoms with Gasteiger partial charge in [-0.25, -0.2) is 0 Å². The van der Waals surface area contributed by atoms with E-state index in [9.17, 15) is 13.2 Å². The Bertz CT molecular complexity index is 329. The summed E-state index contributed by atoms with van der Waals surface area (Å²) in [4.78, 5) is 3.68. The molecular weight excluding hydrogens is 231 g/mol. The number of nitrogens with zero attached hydrogens (tertiary/aromatic N) is 1. The van der Waals surface area contributed by atoms with Gasteiger partial charge in [-0.2, -0.15) is 13.2 Å². The van der Waals surface area contributed by atoms with Crippen molar-refractivity contribution in [1.29, 1.82) is 0 Å². The van der Waals surface area contributed by atoms with Crippen LogP contribution in [0.25, 0.3) is 0 Å². The summed E-state index contributed by atoms with van der Waals surface area (Å²) in [7, 11) is 0. The number of alkyl halides is 4. The third kappa shape index (κ3) is 3.27. The summed E-state index contributed by atoms with van der Waals surface area (Å²) < 4.78 is 41.3. The fraction of sp³-hybridized carbons (Fsp3) is 0.444. The Kier molecular flexibility index (Phi) is 3.79. The van der Waals surface area contributed by atoms with Gasteiger partial charge in [0.1, 0.15) is 5.75 Å². The molecule has 1 unspecified atom stereocenters. The Morgan fingerprint density at radius 2 is 2.20 bits per heavy atom. The molecule has 0 aromatic carbocycles. The highest BCUT2D eigenvalue weighted by molar-refractivity contribution is 6.17. The van der Waals surface area contributed by atoms with Gasteiger partial charge in [-0.05, 0) is 13.0 Å². The monoisotopic (exact) mass is 239 g/mol. The number of rotatable bonds is 3. The summed E-state index contributed by atoms with van der Waals surface area (Å²) >= 11 is 5.54. The molecule has 0 spiro atoms. The number of hydrogen-bond acceptors (Lipinski definition) is 2. The minimum absolute atomic E-state index is 0.0670. The fourth-order valence-corrected chi connectivity index (χ4v) is 1.10. The molecule has 1 rings (SSSR count). The highest BCUT2D eigenvalue weighted by Gasteiger charge is 2.38.